The summed E-state index contributed by atoms with van der Waals surface area (Å²) in [4.78, 5) is 16.8. The predicted molar refractivity (Wildman–Crippen MR) is 108 cm³/mol. The summed E-state index contributed by atoms with van der Waals surface area (Å²) in [5, 5.41) is 2.87. The number of anilines is 1. The number of hydrogen-bond donors (Lipinski definition) is 1. The number of halogens is 2. The Hall–Kier alpha value is -2.73. The maximum absolute atomic E-state index is 13.7. The standard InChI is InChI=1S/C22H25F2N3O/c1-16(25-21(28)10-9-17-5-4-8-20(23)22(17)24)18-6-3-7-19(15-18)27-13-11-26(2)12-14-27/h3-10,15-16H,11-14H2,1-2H3,(H,25,28). The number of hydrogen-bond acceptors (Lipinski definition) is 3. The van der Waals surface area contributed by atoms with Gasteiger partial charge in [-0.1, -0.05) is 24.3 Å². The first-order valence-corrected chi connectivity index (χ1v) is 9.40. The molecule has 1 fully saturated rings. The highest BCUT2D eigenvalue weighted by molar-refractivity contribution is 5.92. The van der Waals surface area contributed by atoms with Crippen molar-refractivity contribution in [1.82, 2.24) is 10.2 Å². The van der Waals surface area contributed by atoms with E-state index in [1.807, 2.05) is 19.1 Å². The van der Waals surface area contributed by atoms with Crippen LogP contribution in [0.5, 0.6) is 0 Å². The first-order chi connectivity index (χ1) is 13.4. The van der Waals surface area contributed by atoms with Crippen LogP contribution in [0.4, 0.5) is 14.5 Å². The van der Waals surface area contributed by atoms with Gasteiger partial charge in [0.2, 0.25) is 5.91 Å². The number of nitrogens with one attached hydrogen (secondary N) is 1. The Morgan fingerprint density at radius 1 is 1.11 bits per heavy atom. The minimum Gasteiger partial charge on any atom is -0.369 e. The van der Waals surface area contributed by atoms with Gasteiger partial charge >= 0.3 is 0 Å². The molecule has 1 N–H and O–H groups in total. The molecule has 0 aliphatic carbocycles. The molecule has 1 aliphatic rings. The second kappa shape index (κ2) is 8.97. The number of nitrogens with zero attached hydrogens (tertiary/aromatic N) is 2. The molecular formula is C22H25F2N3O. The summed E-state index contributed by atoms with van der Waals surface area (Å²) < 4.78 is 26.9. The molecule has 2 aromatic carbocycles. The molecule has 0 spiro atoms. The molecular weight excluding hydrogens is 360 g/mol. The molecule has 0 bridgehead atoms. The highest BCUT2D eigenvalue weighted by Gasteiger charge is 2.16. The van der Waals surface area contributed by atoms with E-state index >= 15 is 0 Å². The van der Waals surface area contributed by atoms with Gasteiger partial charge in [0, 0.05) is 43.5 Å². The largest absolute Gasteiger partial charge is 0.369 e. The first-order valence-electron chi connectivity index (χ1n) is 9.40. The van der Waals surface area contributed by atoms with Gasteiger partial charge in [-0.05, 0) is 43.8 Å². The third-order valence-corrected chi connectivity index (χ3v) is 4.99. The maximum atomic E-state index is 13.7. The zero-order valence-corrected chi connectivity index (χ0v) is 16.2. The van der Waals surface area contributed by atoms with Crippen LogP contribution in [0.25, 0.3) is 6.08 Å². The number of likely N-dealkylation sites (N-methyl/N-ethyl adjacent to an activating group) is 1. The topological polar surface area (TPSA) is 35.6 Å². The molecule has 0 radical (unpaired) electrons. The quantitative estimate of drug-likeness (QED) is 0.799. The summed E-state index contributed by atoms with van der Waals surface area (Å²) in [7, 11) is 2.12. The van der Waals surface area contributed by atoms with Crippen LogP contribution in [0.3, 0.4) is 0 Å². The summed E-state index contributed by atoms with van der Waals surface area (Å²) >= 11 is 0. The highest BCUT2D eigenvalue weighted by atomic mass is 19.2. The molecule has 28 heavy (non-hydrogen) atoms. The minimum absolute atomic E-state index is 0.0415. The lowest BCUT2D eigenvalue weighted by Gasteiger charge is -2.34. The number of carbonyl (C=O) groups is 1. The third kappa shape index (κ3) is 4.95. The molecule has 4 nitrogen and oxygen atoms in total. The number of piperazine rings is 1. The predicted octanol–water partition coefficient (Wildman–Crippen LogP) is 3.61. The van der Waals surface area contributed by atoms with Crippen LogP contribution < -0.4 is 10.2 Å². The molecule has 1 unspecified atom stereocenters. The number of benzene rings is 2. The van der Waals surface area contributed by atoms with Crippen LogP contribution >= 0.6 is 0 Å². The minimum atomic E-state index is -0.959. The van der Waals surface area contributed by atoms with Gasteiger partial charge in [-0.25, -0.2) is 8.78 Å². The summed E-state index contributed by atoms with van der Waals surface area (Å²) in [5.41, 5.74) is 2.18. The average molecular weight is 385 g/mol. The second-order valence-electron chi connectivity index (χ2n) is 7.09. The Kier molecular flexibility index (Phi) is 6.41. The number of amides is 1. The Morgan fingerprint density at radius 2 is 1.82 bits per heavy atom. The van der Waals surface area contributed by atoms with Gasteiger partial charge in [0.1, 0.15) is 0 Å². The fourth-order valence-electron chi connectivity index (χ4n) is 3.21. The van der Waals surface area contributed by atoms with E-state index in [1.54, 1.807) is 0 Å². The van der Waals surface area contributed by atoms with Crippen molar-refractivity contribution in [1.29, 1.82) is 0 Å². The molecule has 2 aromatic rings. The van der Waals surface area contributed by atoms with Gasteiger partial charge in [-0.2, -0.15) is 0 Å². The van der Waals surface area contributed by atoms with Gasteiger partial charge in [0.05, 0.1) is 6.04 Å². The molecule has 6 heteroatoms. The molecule has 0 saturated carbocycles. The van der Waals surface area contributed by atoms with Crippen LogP contribution in [-0.4, -0.2) is 44.0 Å². The summed E-state index contributed by atoms with van der Waals surface area (Å²) in [6.45, 7) is 5.90. The molecule has 1 atom stereocenters. The molecule has 0 aromatic heterocycles. The lowest BCUT2D eigenvalue weighted by Crippen LogP contribution is -2.44. The Morgan fingerprint density at radius 3 is 2.57 bits per heavy atom. The summed E-state index contributed by atoms with van der Waals surface area (Å²) in [5.74, 6) is -2.25. The normalized spacial score (nSPS) is 16.4. The van der Waals surface area contributed by atoms with Gasteiger partial charge in [0.15, 0.2) is 11.6 Å². The van der Waals surface area contributed by atoms with Crippen LogP contribution in [0.15, 0.2) is 48.5 Å². The van der Waals surface area contributed by atoms with Crippen molar-refractivity contribution >= 4 is 17.7 Å². The van der Waals surface area contributed by atoms with Crippen molar-refractivity contribution in [2.45, 2.75) is 13.0 Å². The Bertz CT molecular complexity index is 861. The van der Waals surface area contributed by atoms with E-state index in [-0.39, 0.29) is 17.5 Å². The molecule has 148 valence electrons. The second-order valence-corrected chi connectivity index (χ2v) is 7.09. The van der Waals surface area contributed by atoms with Crippen molar-refractivity contribution in [2.75, 3.05) is 38.1 Å². The van der Waals surface area contributed by atoms with Crippen molar-refractivity contribution in [3.8, 4) is 0 Å². The zero-order chi connectivity index (χ0) is 20.1. The van der Waals surface area contributed by atoms with Gasteiger partial charge < -0.3 is 15.1 Å². The van der Waals surface area contributed by atoms with E-state index in [0.29, 0.717) is 0 Å². The number of rotatable bonds is 5. The fourth-order valence-corrected chi connectivity index (χ4v) is 3.21. The van der Waals surface area contributed by atoms with Crippen LogP contribution in [0.2, 0.25) is 0 Å². The molecule has 1 amide bonds. The van der Waals surface area contributed by atoms with E-state index in [9.17, 15) is 13.6 Å². The van der Waals surface area contributed by atoms with Crippen LogP contribution in [0, 0.1) is 11.6 Å². The van der Waals surface area contributed by atoms with E-state index in [2.05, 4.69) is 34.3 Å². The summed E-state index contributed by atoms with van der Waals surface area (Å²) in [6, 6.07) is 11.8. The van der Waals surface area contributed by atoms with E-state index in [1.165, 1.54) is 24.3 Å². The third-order valence-electron chi connectivity index (χ3n) is 4.99. The lowest BCUT2D eigenvalue weighted by molar-refractivity contribution is -0.117. The maximum Gasteiger partial charge on any atom is 0.244 e. The van der Waals surface area contributed by atoms with Gasteiger partial charge in [-0.3, -0.25) is 4.79 Å². The Labute approximate surface area is 164 Å². The van der Waals surface area contributed by atoms with Crippen LogP contribution in [0.1, 0.15) is 24.1 Å². The van der Waals surface area contributed by atoms with Crippen molar-refractivity contribution in [3.05, 3.63) is 71.3 Å². The SMILES string of the molecule is CC(NC(=O)C=Cc1cccc(F)c1F)c1cccc(N2CCN(C)CC2)c1. The monoisotopic (exact) mass is 385 g/mol. The number of carbonyl (C=O) groups excluding carboxylic acids is 1. The lowest BCUT2D eigenvalue weighted by atomic mass is 10.1. The van der Waals surface area contributed by atoms with Crippen molar-refractivity contribution in [2.24, 2.45) is 0 Å². The van der Waals surface area contributed by atoms with Crippen molar-refractivity contribution in [3.63, 3.8) is 0 Å². The van der Waals surface area contributed by atoms with E-state index < -0.39 is 11.6 Å². The van der Waals surface area contributed by atoms with E-state index in [4.69, 9.17) is 0 Å². The van der Waals surface area contributed by atoms with Gasteiger partial charge in [-0.15, -0.1) is 0 Å². The highest BCUT2D eigenvalue weighted by Crippen LogP contribution is 2.22. The summed E-state index contributed by atoms with van der Waals surface area (Å²) in [6.07, 6.45) is 2.50. The Balaban J connectivity index is 1.63. The first kappa shape index (κ1) is 20.0. The smallest absolute Gasteiger partial charge is 0.244 e. The molecule has 1 heterocycles. The van der Waals surface area contributed by atoms with Crippen LogP contribution in [-0.2, 0) is 4.79 Å². The van der Waals surface area contributed by atoms with Gasteiger partial charge in [0.25, 0.3) is 0 Å². The van der Waals surface area contributed by atoms with Crippen molar-refractivity contribution < 1.29 is 13.6 Å². The average Bonchev–Trinajstić information content (AvgIpc) is 2.70. The fraction of sp³-hybridized carbons (Fsp3) is 0.318. The van der Waals surface area contributed by atoms with E-state index in [0.717, 1.165) is 43.5 Å². The molecule has 1 saturated heterocycles. The zero-order valence-electron chi connectivity index (χ0n) is 16.2. The molecule has 1 aliphatic heterocycles. The molecule has 3 rings (SSSR count).